The fourth-order valence-corrected chi connectivity index (χ4v) is 6.43. The summed E-state index contributed by atoms with van der Waals surface area (Å²) >= 11 is 0. The molecule has 20 heavy (non-hydrogen) atoms. The average Bonchev–Trinajstić information content (AvgIpc) is 2.76. The average molecular weight is 278 g/mol. The molecule has 1 saturated heterocycles. The van der Waals surface area contributed by atoms with E-state index in [2.05, 4.69) is 0 Å². The lowest BCUT2D eigenvalue weighted by Crippen LogP contribution is -2.60. The van der Waals surface area contributed by atoms with Gasteiger partial charge in [0.15, 0.2) is 5.79 Å². The van der Waals surface area contributed by atoms with Gasteiger partial charge in [-0.1, -0.05) is 0 Å². The fourth-order valence-electron chi connectivity index (χ4n) is 6.43. The van der Waals surface area contributed by atoms with Crippen LogP contribution < -0.4 is 0 Å². The molecule has 3 heteroatoms. The molecular weight excluding hydrogens is 252 g/mol. The maximum atomic E-state index is 10.0. The molecule has 6 rings (SSSR count). The Morgan fingerprint density at radius 1 is 0.950 bits per heavy atom. The van der Waals surface area contributed by atoms with Crippen LogP contribution in [-0.4, -0.2) is 29.2 Å². The molecule has 1 heterocycles. The van der Waals surface area contributed by atoms with Gasteiger partial charge in [0.2, 0.25) is 0 Å². The lowest BCUT2D eigenvalue weighted by atomic mass is 9.50. The van der Waals surface area contributed by atoms with Gasteiger partial charge in [-0.3, -0.25) is 0 Å². The first-order chi connectivity index (χ1) is 9.68. The van der Waals surface area contributed by atoms with Crippen LogP contribution in [0.3, 0.4) is 0 Å². The zero-order chi connectivity index (χ0) is 13.4. The highest BCUT2D eigenvalue weighted by Gasteiger charge is 2.64. The summed E-state index contributed by atoms with van der Waals surface area (Å²) in [6.45, 7) is 0.800. The van der Waals surface area contributed by atoms with Crippen LogP contribution >= 0.6 is 0 Å². The van der Waals surface area contributed by atoms with Crippen LogP contribution in [0.25, 0.3) is 0 Å². The van der Waals surface area contributed by atoms with Crippen molar-refractivity contribution < 1.29 is 14.6 Å². The summed E-state index contributed by atoms with van der Waals surface area (Å²) in [6, 6.07) is 0. The van der Waals surface area contributed by atoms with Gasteiger partial charge < -0.3 is 14.6 Å². The Kier molecular flexibility index (Phi) is 2.48. The highest BCUT2D eigenvalue weighted by molar-refractivity contribution is 5.11. The number of hydrogen-bond acceptors (Lipinski definition) is 3. The minimum absolute atomic E-state index is 0.0183. The predicted octanol–water partition coefficient (Wildman–Crippen LogP) is 2.86. The Morgan fingerprint density at radius 3 is 2.30 bits per heavy atom. The summed E-state index contributed by atoms with van der Waals surface area (Å²) < 4.78 is 13.0. The van der Waals surface area contributed by atoms with Gasteiger partial charge in [-0.15, -0.1) is 0 Å². The topological polar surface area (TPSA) is 38.7 Å². The lowest BCUT2D eigenvalue weighted by Gasteiger charge is -2.59. The first-order valence-electron chi connectivity index (χ1n) is 8.70. The molecule has 0 amide bonds. The van der Waals surface area contributed by atoms with E-state index in [4.69, 9.17) is 9.47 Å². The Hall–Kier alpha value is -0.120. The highest BCUT2D eigenvalue weighted by atomic mass is 16.8. The molecule has 0 aromatic rings. The molecule has 5 aliphatic carbocycles. The van der Waals surface area contributed by atoms with Crippen LogP contribution in [0, 0.1) is 23.7 Å². The third-order valence-electron chi connectivity index (χ3n) is 7.10. The summed E-state index contributed by atoms with van der Waals surface area (Å²) in [5.41, 5.74) is 0.0183. The molecule has 3 nitrogen and oxygen atoms in total. The summed E-state index contributed by atoms with van der Waals surface area (Å²) in [7, 11) is 0. The van der Waals surface area contributed by atoms with E-state index in [1.165, 1.54) is 32.1 Å². The van der Waals surface area contributed by atoms with Crippen molar-refractivity contribution in [3.63, 3.8) is 0 Å². The standard InChI is InChI=1S/C17H26O3/c18-15-2-1-3-16(9-15)19-10-17(20-16)13-5-11-4-12(7-13)8-14(17)6-11/h11-15,18H,1-10H2. The minimum atomic E-state index is -0.437. The van der Waals surface area contributed by atoms with Gasteiger partial charge >= 0.3 is 0 Å². The zero-order valence-electron chi connectivity index (χ0n) is 12.2. The van der Waals surface area contributed by atoms with Crippen LogP contribution in [0.4, 0.5) is 0 Å². The highest BCUT2D eigenvalue weighted by Crippen LogP contribution is 2.63. The monoisotopic (exact) mass is 278 g/mol. The van der Waals surface area contributed by atoms with E-state index in [0.717, 1.165) is 49.5 Å². The van der Waals surface area contributed by atoms with Gasteiger partial charge in [0.25, 0.3) is 0 Å². The van der Waals surface area contributed by atoms with Crippen molar-refractivity contribution >= 4 is 0 Å². The molecule has 112 valence electrons. The van der Waals surface area contributed by atoms with Crippen LogP contribution in [0.5, 0.6) is 0 Å². The normalized spacial score (nSPS) is 60.8. The van der Waals surface area contributed by atoms with Crippen LogP contribution in [0.1, 0.15) is 57.8 Å². The van der Waals surface area contributed by atoms with E-state index >= 15 is 0 Å². The third kappa shape index (κ3) is 1.57. The molecular formula is C17H26O3. The van der Waals surface area contributed by atoms with Crippen molar-refractivity contribution in [3.05, 3.63) is 0 Å². The van der Waals surface area contributed by atoms with Crippen molar-refractivity contribution in [2.45, 2.75) is 75.3 Å². The molecule has 1 aliphatic heterocycles. The fraction of sp³-hybridized carbons (Fsp3) is 1.00. The van der Waals surface area contributed by atoms with Crippen molar-refractivity contribution in [3.8, 4) is 0 Å². The molecule has 0 aromatic heterocycles. The maximum Gasteiger partial charge on any atom is 0.171 e. The molecule has 2 spiro atoms. The van der Waals surface area contributed by atoms with Crippen LogP contribution in [-0.2, 0) is 9.47 Å². The Balaban J connectivity index is 1.44. The SMILES string of the molecule is OC1CCCC2(C1)OCC1(O2)C2CC3CC(C2)CC1C3. The first-order valence-corrected chi connectivity index (χ1v) is 8.70. The van der Waals surface area contributed by atoms with Gasteiger partial charge in [0.05, 0.1) is 12.7 Å². The molecule has 2 unspecified atom stereocenters. The summed E-state index contributed by atoms with van der Waals surface area (Å²) in [5, 5.41) is 10.0. The molecule has 5 saturated carbocycles. The van der Waals surface area contributed by atoms with E-state index in [1.54, 1.807) is 0 Å². The van der Waals surface area contributed by atoms with Gasteiger partial charge in [0, 0.05) is 12.8 Å². The number of aliphatic hydroxyl groups excluding tert-OH is 1. The summed E-state index contributed by atoms with van der Waals surface area (Å²) in [5.74, 6) is 2.97. The molecule has 6 fully saturated rings. The smallest absolute Gasteiger partial charge is 0.171 e. The molecule has 6 aliphatic rings. The largest absolute Gasteiger partial charge is 0.393 e. The van der Waals surface area contributed by atoms with Gasteiger partial charge in [-0.2, -0.15) is 0 Å². The van der Waals surface area contributed by atoms with Crippen molar-refractivity contribution in [1.82, 2.24) is 0 Å². The number of ether oxygens (including phenoxy) is 2. The van der Waals surface area contributed by atoms with Crippen LogP contribution in [0.15, 0.2) is 0 Å². The number of aliphatic hydroxyl groups is 1. The number of rotatable bonds is 0. The molecule has 2 atom stereocenters. The van der Waals surface area contributed by atoms with E-state index < -0.39 is 5.79 Å². The van der Waals surface area contributed by atoms with Crippen LogP contribution in [0.2, 0.25) is 0 Å². The van der Waals surface area contributed by atoms with Gasteiger partial charge in [-0.05, 0) is 68.6 Å². The predicted molar refractivity (Wildman–Crippen MR) is 74.0 cm³/mol. The quantitative estimate of drug-likeness (QED) is 0.740. The Morgan fingerprint density at radius 2 is 1.65 bits per heavy atom. The van der Waals surface area contributed by atoms with E-state index in [1.807, 2.05) is 0 Å². The second-order valence-electron chi connectivity index (χ2n) is 8.31. The zero-order valence-corrected chi connectivity index (χ0v) is 12.2. The van der Waals surface area contributed by atoms with E-state index in [9.17, 15) is 5.11 Å². The second kappa shape index (κ2) is 3.99. The Bertz CT molecular complexity index is 392. The van der Waals surface area contributed by atoms with Gasteiger partial charge in [0.1, 0.15) is 5.60 Å². The van der Waals surface area contributed by atoms with Crippen molar-refractivity contribution in [2.24, 2.45) is 23.7 Å². The Labute approximate surface area is 121 Å². The van der Waals surface area contributed by atoms with E-state index in [0.29, 0.717) is 6.42 Å². The third-order valence-corrected chi connectivity index (χ3v) is 7.10. The first kappa shape index (κ1) is 12.4. The maximum absolute atomic E-state index is 10.0. The molecule has 0 aromatic carbocycles. The second-order valence-corrected chi connectivity index (χ2v) is 8.31. The summed E-state index contributed by atoms with van der Waals surface area (Å²) in [6.07, 6.45) is 10.4. The van der Waals surface area contributed by atoms with Gasteiger partial charge in [-0.25, -0.2) is 0 Å². The van der Waals surface area contributed by atoms with E-state index in [-0.39, 0.29) is 11.7 Å². The number of hydrogen-bond donors (Lipinski definition) is 1. The molecule has 0 radical (unpaired) electrons. The lowest BCUT2D eigenvalue weighted by molar-refractivity contribution is -0.259. The molecule has 4 bridgehead atoms. The summed E-state index contributed by atoms with van der Waals surface area (Å²) in [4.78, 5) is 0. The minimum Gasteiger partial charge on any atom is -0.393 e. The van der Waals surface area contributed by atoms with Crippen molar-refractivity contribution in [2.75, 3.05) is 6.61 Å². The molecule has 1 N–H and O–H groups in total. The van der Waals surface area contributed by atoms with Crippen molar-refractivity contribution in [1.29, 1.82) is 0 Å².